The van der Waals surface area contributed by atoms with Gasteiger partial charge in [0.05, 0.1) is 18.2 Å². The van der Waals surface area contributed by atoms with E-state index in [4.69, 9.17) is 22.3 Å². The molecule has 0 aromatic rings. The van der Waals surface area contributed by atoms with Crippen LogP contribution in [0.2, 0.25) is 0 Å². The molecular weight excluding hydrogens is 172 g/mol. The van der Waals surface area contributed by atoms with Crippen molar-refractivity contribution in [1.29, 1.82) is 0 Å². The van der Waals surface area contributed by atoms with Gasteiger partial charge in [0, 0.05) is 6.20 Å². The van der Waals surface area contributed by atoms with Gasteiger partial charge in [-0.05, 0) is 6.92 Å². The van der Waals surface area contributed by atoms with E-state index in [1.165, 1.54) is 0 Å². The molecule has 74 valence electrons. The van der Waals surface area contributed by atoms with Gasteiger partial charge in [0.2, 0.25) is 0 Å². The van der Waals surface area contributed by atoms with Crippen LogP contribution >= 0.6 is 0 Å². The number of amidine groups is 1. The summed E-state index contributed by atoms with van der Waals surface area (Å²) >= 11 is 0. The zero-order chi connectivity index (χ0) is 10.4. The Morgan fingerprint density at radius 2 is 2.15 bits per heavy atom. The van der Waals surface area contributed by atoms with E-state index < -0.39 is 5.91 Å². The number of hydrogen-bond acceptors (Lipinski definition) is 4. The quantitative estimate of drug-likeness (QED) is 0.231. The number of amides is 1. The Hall–Kier alpha value is -1.56. The number of aliphatic hydroxyl groups is 1. The van der Waals surface area contributed by atoms with Crippen molar-refractivity contribution < 1.29 is 9.90 Å². The summed E-state index contributed by atoms with van der Waals surface area (Å²) < 4.78 is 0. The number of carbonyl (C=O) groups is 1. The molecule has 0 saturated heterocycles. The van der Waals surface area contributed by atoms with E-state index in [9.17, 15) is 4.79 Å². The number of carbonyl (C=O) groups excluding carboxylic acids is 1. The Morgan fingerprint density at radius 3 is 2.46 bits per heavy atom. The highest BCUT2D eigenvalue weighted by atomic mass is 16.3. The molecule has 0 saturated carbocycles. The first-order valence-electron chi connectivity index (χ1n) is 3.69. The summed E-state index contributed by atoms with van der Waals surface area (Å²) in [6.07, 6.45) is 0.991. The maximum Gasteiger partial charge on any atom is 0.253 e. The van der Waals surface area contributed by atoms with Crippen LogP contribution in [-0.2, 0) is 4.79 Å². The van der Waals surface area contributed by atoms with Gasteiger partial charge < -0.3 is 22.3 Å². The van der Waals surface area contributed by atoms with Gasteiger partial charge in [-0.25, -0.2) is 0 Å². The lowest BCUT2D eigenvalue weighted by Crippen LogP contribution is -2.29. The highest BCUT2D eigenvalue weighted by Crippen LogP contribution is 1.94. The van der Waals surface area contributed by atoms with Crippen molar-refractivity contribution in [2.75, 3.05) is 6.61 Å². The molecule has 0 aliphatic rings. The summed E-state index contributed by atoms with van der Waals surface area (Å²) in [5.41, 5.74) is 15.4. The highest BCUT2D eigenvalue weighted by Gasteiger charge is 2.09. The summed E-state index contributed by atoms with van der Waals surface area (Å²) in [6, 6.07) is -0.380. The predicted octanol–water partition coefficient (Wildman–Crippen LogP) is -1.95. The van der Waals surface area contributed by atoms with Gasteiger partial charge in [0.1, 0.15) is 5.84 Å². The molecule has 6 heteroatoms. The summed E-state index contributed by atoms with van der Waals surface area (Å²) in [6.45, 7) is 1.49. The van der Waals surface area contributed by atoms with Gasteiger partial charge >= 0.3 is 0 Å². The van der Waals surface area contributed by atoms with Crippen LogP contribution in [0.25, 0.3) is 0 Å². The Balaban J connectivity index is 4.65. The van der Waals surface area contributed by atoms with Crippen molar-refractivity contribution in [3.63, 3.8) is 0 Å². The van der Waals surface area contributed by atoms with Crippen LogP contribution < -0.4 is 17.2 Å². The van der Waals surface area contributed by atoms with Crippen molar-refractivity contribution in [3.05, 3.63) is 11.8 Å². The summed E-state index contributed by atoms with van der Waals surface area (Å²) in [4.78, 5) is 14.5. The van der Waals surface area contributed by atoms with Crippen molar-refractivity contribution in [2.24, 2.45) is 22.2 Å². The molecule has 0 aromatic heterocycles. The Bertz CT molecular complexity index is 247. The third-order valence-corrected chi connectivity index (χ3v) is 1.33. The number of nitrogens with zero attached hydrogens (tertiary/aromatic N) is 1. The monoisotopic (exact) mass is 186 g/mol. The van der Waals surface area contributed by atoms with Gasteiger partial charge in [-0.2, -0.15) is 0 Å². The predicted molar refractivity (Wildman–Crippen MR) is 49.6 cm³/mol. The average Bonchev–Trinajstić information content (AvgIpc) is 2.04. The average molecular weight is 186 g/mol. The Labute approximate surface area is 76.1 Å². The first kappa shape index (κ1) is 11.4. The first-order valence-corrected chi connectivity index (χ1v) is 3.69. The summed E-state index contributed by atoms with van der Waals surface area (Å²) in [5, 5.41) is 8.65. The molecule has 7 N–H and O–H groups in total. The van der Waals surface area contributed by atoms with Crippen LogP contribution in [0.5, 0.6) is 0 Å². The number of aliphatic imine (C=N–C) groups is 1. The van der Waals surface area contributed by atoms with Crippen molar-refractivity contribution in [1.82, 2.24) is 0 Å². The minimum atomic E-state index is -0.742. The van der Waals surface area contributed by atoms with E-state index in [2.05, 4.69) is 4.99 Å². The molecule has 0 aliphatic carbocycles. The lowest BCUT2D eigenvalue weighted by Gasteiger charge is -2.05. The molecule has 13 heavy (non-hydrogen) atoms. The fraction of sp³-hybridized carbons (Fsp3) is 0.429. The molecule has 0 spiro atoms. The minimum Gasteiger partial charge on any atom is -0.404 e. The molecule has 0 aromatic carbocycles. The molecular formula is C7H14N4O2. The first-order chi connectivity index (χ1) is 6.02. The zero-order valence-corrected chi connectivity index (χ0v) is 7.40. The van der Waals surface area contributed by atoms with E-state index in [1.807, 2.05) is 0 Å². The van der Waals surface area contributed by atoms with E-state index in [0.29, 0.717) is 0 Å². The number of hydrogen-bond donors (Lipinski definition) is 4. The summed E-state index contributed by atoms with van der Waals surface area (Å²) in [5.74, 6) is -0.801. The van der Waals surface area contributed by atoms with Gasteiger partial charge in [-0.3, -0.25) is 9.79 Å². The van der Waals surface area contributed by atoms with Crippen molar-refractivity contribution >= 4 is 11.7 Å². The van der Waals surface area contributed by atoms with Gasteiger partial charge in [0.15, 0.2) is 0 Å². The van der Waals surface area contributed by atoms with Crippen LogP contribution in [0.3, 0.4) is 0 Å². The number of primary amides is 1. The van der Waals surface area contributed by atoms with Crippen molar-refractivity contribution in [2.45, 2.75) is 13.0 Å². The van der Waals surface area contributed by atoms with E-state index in [1.54, 1.807) is 6.92 Å². The maximum atomic E-state index is 10.7. The zero-order valence-electron chi connectivity index (χ0n) is 7.40. The SMILES string of the molecule is C[C@@H](CO)N=C(N)C(=CN)C(N)=O. The van der Waals surface area contributed by atoms with E-state index >= 15 is 0 Å². The normalized spacial score (nSPS) is 15.5. The van der Waals surface area contributed by atoms with Crippen LogP contribution in [-0.4, -0.2) is 29.5 Å². The molecule has 0 radical (unpaired) electrons. The second-order valence-corrected chi connectivity index (χ2v) is 2.49. The number of aliphatic hydroxyl groups excluding tert-OH is 1. The van der Waals surface area contributed by atoms with E-state index in [0.717, 1.165) is 6.20 Å². The standard InChI is InChI=1S/C7H14N4O2/c1-4(3-12)11-6(9)5(2-8)7(10)13/h2,4,12H,3,8H2,1H3,(H2,9,11)(H2,10,13)/t4-/m0/s1. The van der Waals surface area contributed by atoms with Crippen molar-refractivity contribution in [3.8, 4) is 0 Å². The molecule has 0 aliphatic heterocycles. The van der Waals surface area contributed by atoms with Gasteiger partial charge in [0.25, 0.3) is 5.91 Å². The minimum absolute atomic E-state index is 0.0414. The Morgan fingerprint density at radius 1 is 1.62 bits per heavy atom. The van der Waals surface area contributed by atoms with Crippen LogP contribution in [0.1, 0.15) is 6.92 Å². The molecule has 0 heterocycles. The molecule has 0 rings (SSSR count). The molecule has 1 amide bonds. The second-order valence-electron chi connectivity index (χ2n) is 2.49. The third-order valence-electron chi connectivity index (χ3n) is 1.33. The molecule has 0 unspecified atom stereocenters. The highest BCUT2D eigenvalue weighted by molar-refractivity contribution is 6.19. The third kappa shape index (κ3) is 3.57. The second kappa shape index (κ2) is 5.15. The largest absolute Gasteiger partial charge is 0.404 e. The van der Waals surface area contributed by atoms with Crippen LogP contribution in [0.4, 0.5) is 0 Å². The number of nitrogens with two attached hydrogens (primary N) is 3. The van der Waals surface area contributed by atoms with Crippen LogP contribution in [0, 0.1) is 0 Å². The molecule has 0 bridgehead atoms. The van der Waals surface area contributed by atoms with E-state index in [-0.39, 0.29) is 24.1 Å². The Kier molecular flexibility index (Phi) is 4.53. The number of rotatable bonds is 4. The smallest absolute Gasteiger partial charge is 0.253 e. The lowest BCUT2D eigenvalue weighted by molar-refractivity contribution is -0.114. The summed E-state index contributed by atoms with van der Waals surface area (Å²) in [7, 11) is 0. The topological polar surface area (TPSA) is 128 Å². The maximum absolute atomic E-state index is 10.7. The van der Waals surface area contributed by atoms with Gasteiger partial charge in [-0.15, -0.1) is 0 Å². The molecule has 1 atom stereocenters. The molecule has 6 nitrogen and oxygen atoms in total. The van der Waals surface area contributed by atoms with Gasteiger partial charge in [-0.1, -0.05) is 0 Å². The fourth-order valence-electron chi connectivity index (χ4n) is 0.642. The fourth-order valence-corrected chi connectivity index (χ4v) is 0.642. The lowest BCUT2D eigenvalue weighted by atomic mass is 10.2. The molecule has 0 fully saturated rings. The van der Waals surface area contributed by atoms with Crippen LogP contribution in [0.15, 0.2) is 16.8 Å².